The van der Waals surface area contributed by atoms with Crippen LogP contribution >= 0.6 is 11.8 Å². The van der Waals surface area contributed by atoms with E-state index < -0.39 is 11.7 Å². The Hall–Kier alpha value is -3.06. The van der Waals surface area contributed by atoms with Crippen LogP contribution in [0.5, 0.6) is 0 Å². The van der Waals surface area contributed by atoms with E-state index in [-0.39, 0.29) is 11.4 Å². The zero-order valence-corrected chi connectivity index (χ0v) is 15.2. The largest absolute Gasteiger partial charge is 0.455 e. The molecule has 136 valence electrons. The second kappa shape index (κ2) is 7.28. The van der Waals surface area contributed by atoms with Gasteiger partial charge in [-0.3, -0.25) is 4.79 Å². The molecular formula is C20H15FN2O3S. The topological polar surface area (TPSA) is 68.3 Å². The molecule has 0 bridgehead atoms. The Morgan fingerprint density at radius 3 is 2.78 bits per heavy atom. The van der Waals surface area contributed by atoms with Crippen molar-refractivity contribution in [2.24, 2.45) is 0 Å². The Morgan fingerprint density at radius 2 is 1.96 bits per heavy atom. The van der Waals surface area contributed by atoms with Crippen molar-refractivity contribution >= 4 is 34.5 Å². The van der Waals surface area contributed by atoms with Crippen LogP contribution in [0.15, 0.2) is 68.7 Å². The second-order valence-electron chi connectivity index (χ2n) is 5.89. The van der Waals surface area contributed by atoms with Crippen LogP contribution < -0.4 is 5.32 Å². The fourth-order valence-electron chi connectivity index (χ4n) is 2.58. The van der Waals surface area contributed by atoms with E-state index in [0.717, 1.165) is 16.7 Å². The normalized spacial score (nSPS) is 11.0. The Labute approximate surface area is 158 Å². The molecule has 7 heteroatoms. The van der Waals surface area contributed by atoms with Gasteiger partial charge in [0.1, 0.15) is 17.1 Å². The Kier molecular flexibility index (Phi) is 4.68. The fourth-order valence-corrected chi connectivity index (χ4v) is 3.31. The van der Waals surface area contributed by atoms with Gasteiger partial charge in [0.2, 0.25) is 0 Å². The number of fused-ring (bicyclic) bond motifs is 1. The summed E-state index contributed by atoms with van der Waals surface area (Å²) in [7, 11) is 0. The first kappa shape index (κ1) is 17.4. The molecule has 2 aromatic carbocycles. The number of aryl methyl sites for hydroxylation is 1. The number of carbonyl (C=O) groups excluding carboxylic acids is 1. The minimum absolute atomic E-state index is 0.108. The summed E-state index contributed by atoms with van der Waals surface area (Å²) in [6, 6.07) is 15.0. The summed E-state index contributed by atoms with van der Waals surface area (Å²) in [6.07, 6.45) is 0. The maximum Gasteiger partial charge on any atom is 0.291 e. The number of carbonyl (C=O) groups is 1. The van der Waals surface area contributed by atoms with Crippen LogP contribution in [0.3, 0.4) is 0 Å². The number of thioether (sulfide) groups is 1. The van der Waals surface area contributed by atoms with Crippen LogP contribution in [0, 0.1) is 12.7 Å². The van der Waals surface area contributed by atoms with E-state index in [0.29, 0.717) is 16.7 Å². The van der Waals surface area contributed by atoms with E-state index >= 15 is 0 Å². The summed E-state index contributed by atoms with van der Waals surface area (Å²) in [6.45, 7) is 1.98. The summed E-state index contributed by atoms with van der Waals surface area (Å²) < 4.78 is 24.9. The third-order valence-electron chi connectivity index (χ3n) is 3.95. The van der Waals surface area contributed by atoms with Gasteiger partial charge in [-0.15, -0.1) is 0 Å². The second-order valence-corrected chi connectivity index (χ2v) is 6.82. The van der Waals surface area contributed by atoms with Crippen LogP contribution in [0.2, 0.25) is 0 Å². The average molecular weight is 382 g/mol. The number of hydrogen-bond acceptors (Lipinski definition) is 5. The number of nitrogens with one attached hydrogen (secondary N) is 1. The Balaban J connectivity index is 1.42. The lowest BCUT2D eigenvalue weighted by Crippen LogP contribution is -2.11. The number of nitrogens with zero attached hydrogens (tertiary/aromatic N) is 1. The highest BCUT2D eigenvalue weighted by Crippen LogP contribution is 2.28. The molecule has 0 spiro atoms. The maximum absolute atomic E-state index is 13.6. The van der Waals surface area contributed by atoms with Crippen molar-refractivity contribution in [3.8, 4) is 0 Å². The van der Waals surface area contributed by atoms with Crippen molar-refractivity contribution < 1.29 is 18.0 Å². The third-order valence-corrected chi connectivity index (χ3v) is 4.80. The molecule has 0 radical (unpaired) electrons. The summed E-state index contributed by atoms with van der Waals surface area (Å²) in [4.78, 5) is 16.7. The zero-order chi connectivity index (χ0) is 18.8. The van der Waals surface area contributed by atoms with E-state index in [1.165, 1.54) is 23.9 Å². The van der Waals surface area contributed by atoms with Gasteiger partial charge in [-0.05, 0) is 42.8 Å². The van der Waals surface area contributed by atoms with Crippen LogP contribution in [0.1, 0.15) is 21.9 Å². The number of rotatable bonds is 5. The SMILES string of the molecule is Cc1cccc2oc(SCc3ccc(C(=O)Nc4ccccc4F)o3)nc12. The summed E-state index contributed by atoms with van der Waals surface area (Å²) in [5.41, 5.74) is 2.73. The number of aromatic nitrogens is 1. The van der Waals surface area contributed by atoms with Crippen LogP contribution in [-0.2, 0) is 5.75 Å². The fraction of sp³-hybridized carbons (Fsp3) is 0.100. The zero-order valence-electron chi connectivity index (χ0n) is 14.4. The maximum atomic E-state index is 13.6. The van der Waals surface area contributed by atoms with Crippen molar-refractivity contribution in [3.63, 3.8) is 0 Å². The predicted molar refractivity (Wildman–Crippen MR) is 101 cm³/mol. The van der Waals surface area contributed by atoms with Gasteiger partial charge in [0.15, 0.2) is 11.3 Å². The number of anilines is 1. The Bertz CT molecular complexity index is 1120. The first-order chi connectivity index (χ1) is 13.1. The van der Waals surface area contributed by atoms with Gasteiger partial charge in [-0.1, -0.05) is 36.0 Å². The van der Waals surface area contributed by atoms with Gasteiger partial charge < -0.3 is 14.2 Å². The lowest BCUT2D eigenvalue weighted by Gasteiger charge is -2.03. The highest BCUT2D eigenvalue weighted by molar-refractivity contribution is 7.98. The summed E-state index contributed by atoms with van der Waals surface area (Å²) in [5, 5.41) is 3.03. The van der Waals surface area contributed by atoms with Gasteiger partial charge in [0, 0.05) is 0 Å². The number of amides is 1. The molecule has 2 aromatic heterocycles. The van der Waals surface area contributed by atoms with Gasteiger partial charge in [0.25, 0.3) is 11.1 Å². The molecule has 0 saturated heterocycles. The van der Waals surface area contributed by atoms with Crippen LogP contribution in [-0.4, -0.2) is 10.9 Å². The van der Waals surface area contributed by atoms with Crippen molar-refractivity contribution in [1.29, 1.82) is 0 Å². The first-order valence-electron chi connectivity index (χ1n) is 8.24. The number of hydrogen-bond donors (Lipinski definition) is 1. The highest BCUT2D eigenvalue weighted by atomic mass is 32.2. The standard InChI is InChI=1S/C20H15FN2O3S/c1-12-5-4-8-16-18(12)23-20(26-16)27-11-13-9-10-17(25-13)19(24)22-15-7-3-2-6-14(15)21/h2-10H,11H2,1H3,(H,22,24). The van der Waals surface area contributed by atoms with Crippen LogP contribution in [0.4, 0.5) is 10.1 Å². The monoisotopic (exact) mass is 382 g/mol. The molecular weight excluding hydrogens is 367 g/mol. The highest BCUT2D eigenvalue weighted by Gasteiger charge is 2.14. The van der Waals surface area contributed by atoms with Gasteiger partial charge in [-0.2, -0.15) is 0 Å². The van der Waals surface area contributed by atoms with E-state index in [9.17, 15) is 9.18 Å². The van der Waals surface area contributed by atoms with E-state index in [4.69, 9.17) is 8.83 Å². The molecule has 1 N–H and O–H groups in total. The van der Waals surface area contributed by atoms with E-state index in [1.807, 2.05) is 25.1 Å². The molecule has 0 atom stereocenters. The molecule has 0 aliphatic carbocycles. The number of furan rings is 1. The van der Waals surface area contributed by atoms with Crippen molar-refractivity contribution in [3.05, 3.63) is 77.5 Å². The molecule has 5 nitrogen and oxygen atoms in total. The lowest BCUT2D eigenvalue weighted by atomic mass is 10.2. The molecule has 0 aliphatic heterocycles. The Morgan fingerprint density at radius 1 is 1.11 bits per heavy atom. The molecule has 0 aliphatic rings. The molecule has 1 amide bonds. The van der Waals surface area contributed by atoms with Gasteiger partial charge in [-0.25, -0.2) is 9.37 Å². The summed E-state index contributed by atoms with van der Waals surface area (Å²) >= 11 is 1.38. The third kappa shape index (κ3) is 3.73. The number of para-hydroxylation sites is 2. The lowest BCUT2D eigenvalue weighted by molar-refractivity contribution is 0.0995. The molecule has 2 heterocycles. The number of halogens is 1. The molecule has 4 rings (SSSR count). The number of benzene rings is 2. The molecule has 4 aromatic rings. The van der Waals surface area contributed by atoms with E-state index in [1.54, 1.807) is 24.3 Å². The molecule has 0 unspecified atom stereocenters. The smallest absolute Gasteiger partial charge is 0.291 e. The number of oxazole rings is 1. The summed E-state index contributed by atoms with van der Waals surface area (Å²) in [5.74, 6) is 0.159. The van der Waals surface area contributed by atoms with Crippen LogP contribution in [0.25, 0.3) is 11.1 Å². The minimum Gasteiger partial charge on any atom is -0.455 e. The van der Waals surface area contributed by atoms with Crippen molar-refractivity contribution in [2.45, 2.75) is 17.9 Å². The minimum atomic E-state index is -0.506. The van der Waals surface area contributed by atoms with E-state index in [2.05, 4.69) is 10.3 Å². The van der Waals surface area contributed by atoms with Crippen molar-refractivity contribution in [2.75, 3.05) is 5.32 Å². The average Bonchev–Trinajstić information content (AvgIpc) is 3.29. The molecule has 0 saturated carbocycles. The predicted octanol–water partition coefficient (Wildman–Crippen LogP) is 5.41. The first-order valence-corrected chi connectivity index (χ1v) is 9.22. The molecule has 27 heavy (non-hydrogen) atoms. The van der Waals surface area contributed by atoms with Gasteiger partial charge >= 0.3 is 0 Å². The quantitative estimate of drug-likeness (QED) is 0.467. The van der Waals surface area contributed by atoms with Crippen molar-refractivity contribution in [1.82, 2.24) is 4.98 Å². The van der Waals surface area contributed by atoms with Gasteiger partial charge in [0.05, 0.1) is 11.4 Å². The molecule has 0 fully saturated rings.